The highest BCUT2D eigenvalue weighted by atomic mass is 35.5. The number of hydrogen-bond acceptors (Lipinski definition) is 4. The molecule has 1 aliphatic heterocycles. The minimum Gasteiger partial charge on any atom is -0.493 e. The summed E-state index contributed by atoms with van der Waals surface area (Å²) in [6.07, 6.45) is 0. The van der Waals surface area contributed by atoms with Gasteiger partial charge in [-0.15, -0.1) is 0 Å². The molecule has 134 valence electrons. The van der Waals surface area contributed by atoms with Crippen molar-refractivity contribution in [2.75, 3.05) is 40.4 Å². The Morgan fingerprint density at radius 3 is 2.08 bits per heavy atom. The van der Waals surface area contributed by atoms with Gasteiger partial charge in [-0.1, -0.05) is 35.9 Å². The zero-order chi connectivity index (χ0) is 17.6. The molecule has 1 fully saturated rings. The maximum absolute atomic E-state index is 5.96. The second kappa shape index (κ2) is 8.56. The van der Waals surface area contributed by atoms with Crippen molar-refractivity contribution >= 4 is 11.6 Å². The van der Waals surface area contributed by atoms with Crippen LogP contribution in [0.15, 0.2) is 42.5 Å². The molecule has 0 unspecified atom stereocenters. The fourth-order valence-electron chi connectivity index (χ4n) is 3.27. The molecular weight excluding hydrogens is 336 g/mol. The van der Waals surface area contributed by atoms with Gasteiger partial charge in [-0.25, -0.2) is 0 Å². The van der Waals surface area contributed by atoms with Gasteiger partial charge in [0.1, 0.15) is 0 Å². The van der Waals surface area contributed by atoms with Crippen LogP contribution in [0.5, 0.6) is 11.5 Å². The van der Waals surface area contributed by atoms with E-state index in [9.17, 15) is 0 Å². The molecule has 1 aliphatic rings. The first-order valence-corrected chi connectivity index (χ1v) is 8.96. The van der Waals surface area contributed by atoms with Crippen LogP contribution in [0.25, 0.3) is 0 Å². The Kier molecular flexibility index (Phi) is 6.19. The number of benzene rings is 2. The van der Waals surface area contributed by atoms with E-state index < -0.39 is 0 Å². The second-order valence-electron chi connectivity index (χ2n) is 6.33. The molecule has 0 aromatic heterocycles. The van der Waals surface area contributed by atoms with Gasteiger partial charge < -0.3 is 9.47 Å². The predicted octanol–water partition coefficient (Wildman–Crippen LogP) is 3.68. The van der Waals surface area contributed by atoms with Crippen molar-refractivity contribution in [2.24, 2.45) is 0 Å². The lowest BCUT2D eigenvalue weighted by molar-refractivity contribution is 0.121. The van der Waals surface area contributed by atoms with Crippen LogP contribution >= 0.6 is 11.6 Å². The van der Waals surface area contributed by atoms with Crippen molar-refractivity contribution in [3.63, 3.8) is 0 Å². The fourth-order valence-corrected chi connectivity index (χ4v) is 3.40. The van der Waals surface area contributed by atoms with Gasteiger partial charge in [0.25, 0.3) is 0 Å². The van der Waals surface area contributed by atoms with E-state index in [0.717, 1.165) is 55.8 Å². The zero-order valence-electron chi connectivity index (χ0n) is 14.9. The number of hydrogen-bond donors (Lipinski definition) is 0. The van der Waals surface area contributed by atoms with E-state index in [0.29, 0.717) is 0 Å². The van der Waals surface area contributed by atoms with E-state index in [1.165, 1.54) is 11.1 Å². The lowest BCUT2D eigenvalue weighted by Crippen LogP contribution is -2.45. The number of ether oxygens (including phenoxy) is 2. The van der Waals surface area contributed by atoms with Crippen LogP contribution in [-0.4, -0.2) is 50.2 Å². The highest BCUT2D eigenvalue weighted by Crippen LogP contribution is 2.31. The third-order valence-corrected chi connectivity index (χ3v) is 4.91. The Labute approximate surface area is 154 Å². The first kappa shape index (κ1) is 18.1. The first-order valence-electron chi connectivity index (χ1n) is 8.58. The molecule has 0 spiro atoms. The molecule has 1 heterocycles. The van der Waals surface area contributed by atoms with Gasteiger partial charge >= 0.3 is 0 Å². The minimum absolute atomic E-state index is 0.792. The molecule has 25 heavy (non-hydrogen) atoms. The van der Waals surface area contributed by atoms with Crippen LogP contribution in [0.3, 0.4) is 0 Å². The summed E-state index contributed by atoms with van der Waals surface area (Å²) in [5.74, 6) is 1.63. The summed E-state index contributed by atoms with van der Waals surface area (Å²) in [6.45, 7) is 6.09. The summed E-state index contributed by atoms with van der Waals surface area (Å²) in [5, 5.41) is 0.792. The fraction of sp³-hybridized carbons (Fsp3) is 0.400. The molecule has 0 amide bonds. The molecule has 0 radical (unpaired) electrons. The topological polar surface area (TPSA) is 24.9 Å². The molecule has 2 aromatic carbocycles. The molecule has 0 saturated carbocycles. The number of rotatable bonds is 6. The third kappa shape index (κ3) is 4.66. The minimum atomic E-state index is 0.792. The summed E-state index contributed by atoms with van der Waals surface area (Å²) < 4.78 is 10.9. The smallest absolute Gasteiger partial charge is 0.165 e. The average Bonchev–Trinajstić information content (AvgIpc) is 2.65. The number of nitrogens with zero attached hydrogens (tertiary/aromatic N) is 2. The van der Waals surface area contributed by atoms with Gasteiger partial charge in [0.15, 0.2) is 11.5 Å². The van der Waals surface area contributed by atoms with Crippen molar-refractivity contribution in [1.82, 2.24) is 9.80 Å². The zero-order valence-corrected chi connectivity index (χ0v) is 15.6. The largest absolute Gasteiger partial charge is 0.493 e. The van der Waals surface area contributed by atoms with Crippen molar-refractivity contribution in [3.05, 3.63) is 58.6 Å². The Morgan fingerprint density at radius 1 is 0.840 bits per heavy atom. The van der Waals surface area contributed by atoms with Crippen LogP contribution < -0.4 is 9.47 Å². The lowest BCUT2D eigenvalue weighted by Gasteiger charge is -2.35. The van der Waals surface area contributed by atoms with Crippen LogP contribution in [-0.2, 0) is 13.1 Å². The molecule has 0 aliphatic carbocycles. The number of piperazine rings is 1. The van der Waals surface area contributed by atoms with E-state index in [1.54, 1.807) is 14.2 Å². The van der Waals surface area contributed by atoms with E-state index in [2.05, 4.69) is 28.0 Å². The van der Waals surface area contributed by atoms with E-state index in [4.69, 9.17) is 21.1 Å². The van der Waals surface area contributed by atoms with Crippen molar-refractivity contribution in [2.45, 2.75) is 13.1 Å². The molecule has 5 heteroatoms. The Hall–Kier alpha value is -1.75. The second-order valence-corrected chi connectivity index (χ2v) is 6.77. The van der Waals surface area contributed by atoms with Gasteiger partial charge in [-0.2, -0.15) is 0 Å². The number of para-hydroxylation sites is 1. The molecule has 4 nitrogen and oxygen atoms in total. The summed E-state index contributed by atoms with van der Waals surface area (Å²) in [5.41, 5.74) is 2.49. The molecule has 0 N–H and O–H groups in total. The molecule has 3 rings (SSSR count). The third-order valence-electron chi connectivity index (χ3n) is 4.66. The van der Waals surface area contributed by atoms with Gasteiger partial charge in [-0.05, 0) is 23.8 Å². The highest BCUT2D eigenvalue weighted by molar-refractivity contribution is 6.30. The molecule has 1 saturated heterocycles. The summed E-state index contributed by atoms with van der Waals surface area (Å²) in [6, 6.07) is 14.2. The Bertz CT molecular complexity index is 683. The molecule has 0 bridgehead atoms. The lowest BCUT2D eigenvalue weighted by atomic mass is 10.1. The van der Waals surface area contributed by atoms with Crippen molar-refractivity contribution in [3.8, 4) is 11.5 Å². The molecular formula is C20H25ClN2O2. The van der Waals surface area contributed by atoms with Crippen molar-refractivity contribution < 1.29 is 9.47 Å². The van der Waals surface area contributed by atoms with Crippen LogP contribution in [0, 0.1) is 0 Å². The highest BCUT2D eigenvalue weighted by Gasteiger charge is 2.19. The van der Waals surface area contributed by atoms with Crippen LogP contribution in [0.1, 0.15) is 11.1 Å². The quantitative estimate of drug-likeness (QED) is 0.784. The van der Waals surface area contributed by atoms with E-state index >= 15 is 0 Å². The number of methoxy groups -OCH3 is 2. The maximum atomic E-state index is 5.96. The Morgan fingerprint density at radius 2 is 1.48 bits per heavy atom. The summed E-state index contributed by atoms with van der Waals surface area (Å²) in [4.78, 5) is 4.96. The monoisotopic (exact) mass is 360 g/mol. The first-order chi connectivity index (χ1) is 12.2. The van der Waals surface area contributed by atoms with Crippen LogP contribution in [0.4, 0.5) is 0 Å². The SMILES string of the molecule is COc1cccc(CN2CCN(Cc3ccc(Cl)cc3)CC2)c1OC. The van der Waals surface area contributed by atoms with Crippen molar-refractivity contribution in [1.29, 1.82) is 0 Å². The average molecular weight is 361 g/mol. The van der Waals surface area contributed by atoms with E-state index in [-0.39, 0.29) is 0 Å². The maximum Gasteiger partial charge on any atom is 0.165 e. The van der Waals surface area contributed by atoms with Gasteiger partial charge in [0, 0.05) is 49.9 Å². The summed E-state index contributed by atoms with van der Waals surface area (Å²) >= 11 is 5.96. The number of halogens is 1. The standard InChI is InChI=1S/C20H25ClN2O2/c1-24-19-5-3-4-17(20(19)25-2)15-23-12-10-22(11-13-23)14-16-6-8-18(21)9-7-16/h3-9H,10-15H2,1-2H3. The van der Waals surface area contributed by atoms with E-state index in [1.807, 2.05) is 24.3 Å². The van der Waals surface area contributed by atoms with Gasteiger partial charge in [-0.3, -0.25) is 9.80 Å². The van der Waals surface area contributed by atoms with Crippen LogP contribution in [0.2, 0.25) is 5.02 Å². The molecule has 0 atom stereocenters. The van der Waals surface area contributed by atoms with Gasteiger partial charge in [0.2, 0.25) is 0 Å². The van der Waals surface area contributed by atoms with Gasteiger partial charge in [0.05, 0.1) is 14.2 Å². The summed E-state index contributed by atoms with van der Waals surface area (Å²) in [7, 11) is 3.38. The predicted molar refractivity (Wildman–Crippen MR) is 102 cm³/mol. The molecule has 2 aromatic rings. The normalized spacial score (nSPS) is 16.0. The Balaban J connectivity index is 1.55.